The van der Waals surface area contributed by atoms with Crippen LogP contribution in [0.5, 0.6) is 0 Å². The molecule has 0 bridgehead atoms. The first kappa shape index (κ1) is 12.1. The quantitative estimate of drug-likeness (QED) is 0.818. The first-order chi connectivity index (χ1) is 8.09. The number of carbonyl (C=O) groups is 1. The normalized spacial score (nSPS) is 20.4. The summed E-state index contributed by atoms with van der Waals surface area (Å²) in [7, 11) is 0. The lowest BCUT2D eigenvalue weighted by molar-refractivity contribution is 0.00329. The lowest BCUT2D eigenvalue weighted by atomic mass is 10.2. The molecule has 0 aliphatic carbocycles. The Bertz CT molecular complexity index is 439. The molecule has 1 aromatic rings. The van der Waals surface area contributed by atoms with Gasteiger partial charge in [-0.05, 0) is 19.1 Å². The van der Waals surface area contributed by atoms with E-state index in [-0.39, 0.29) is 17.6 Å². The Labute approximate surface area is 105 Å². The second-order valence-electron chi connectivity index (χ2n) is 3.99. The molecule has 1 atom stereocenters. The van der Waals surface area contributed by atoms with Gasteiger partial charge in [-0.3, -0.25) is 4.79 Å². The first-order valence-corrected chi connectivity index (χ1v) is 5.78. The van der Waals surface area contributed by atoms with Crippen LogP contribution in [0, 0.1) is 0 Å². The number of nitrogen functional groups attached to an aromatic ring is 1. The van der Waals surface area contributed by atoms with Gasteiger partial charge >= 0.3 is 0 Å². The average molecular weight is 256 g/mol. The third-order valence-corrected chi connectivity index (χ3v) is 3.00. The van der Waals surface area contributed by atoms with E-state index in [1.54, 1.807) is 17.0 Å². The molecule has 5 nitrogen and oxygen atoms in total. The molecule has 2 N–H and O–H groups in total. The topological polar surface area (TPSA) is 68.5 Å². The van der Waals surface area contributed by atoms with Gasteiger partial charge < -0.3 is 15.4 Å². The van der Waals surface area contributed by atoms with Crippen molar-refractivity contribution in [1.29, 1.82) is 0 Å². The number of pyridine rings is 1. The summed E-state index contributed by atoms with van der Waals surface area (Å²) in [6.45, 7) is 3.55. The zero-order valence-electron chi connectivity index (χ0n) is 9.52. The van der Waals surface area contributed by atoms with E-state index in [1.807, 2.05) is 6.92 Å². The number of halogens is 1. The van der Waals surface area contributed by atoms with Gasteiger partial charge in [0, 0.05) is 6.54 Å². The highest BCUT2D eigenvalue weighted by atomic mass is 35.5. The Kier molecular flexibility index (Phi) is 3.49. The van der Waals surface area contributed by atoms with Crippen molar-refractivity contribution in [1.82, 2.24) is 9.88 Å². The van der Waals surface area contributed by atoms with Crippen LogP contribution in [0.1, 0.15) is 17.4 Å². The van der Waals surface area contributed by atoms with Gasteiger partial charge in [-0.1, -0.05) is 11.6 Å². The van der Waals surface area contributed by atoms with Gasteiger partial charge in [0.25, 0.3) is 5.91 Å². The maximum Gasteiger partial charge on any atom is 0.274 e. The van der Waals surface area contributed by atoms with Gasteiger partial charge in [-0.15, -0.1) is 0 Å². The molecule has 6 heteroatoms. The standard InChI is InChI=1S/C11H14ClN3O2/c1-7-6-17-5-4-15(7)11(16)10-8(12)2-3-9(13)14-10/h2-3,7H,4-6H2,1H3,(H2,13,14). The predicted molar refractivity (Wildman–Crippen MR) is 65.0 cm³/mol. The Morgan fingerprint density at radius 3 is 3.12 bits per heavy atom. The number of ether oxygens (including phenoxy) is 1. The smallest absolute Gasteiger partial charge is 0.274 e. The monoisotopic (exact) mass is 255 g/mol. The summed E-state index contributed by atoms with van der Waals surface area (Å²) in [5.41, 5.74) is 5.77. The lowest BCUT2D eigenvalue weighted by Crippen LogP contribution is -2.47. The zero-order valence-corrected chi connectivity index (χ0v) is 10.3. The number of carbonyl (C=O) groups excluding carboxylic acids is 1. The number of morpholine rings is 1. The van der Waals surface area contributed by atoms with Crippen LogP contribution < -0.4 is 5.73 Å². The molecule has 2 rings (SSSR count). The minimum atomic E-state index is -0.196. The fourth-order valence-corrected chi connectivity index (χ4v) is 1.96. The third kappa shape index (κ3) is 2.50. The minimum absolute atomic E-state index is 0.0237. The summed E-state index contributed by atoms with van der Waals surface area (Å²) >= 11 is 5.96. The second kappa shape index (κ2) is 4.89. The number of nitrogens with two attached hydrogens (primary N) is 1. The number of nitrogens with zero attached hydrogens (tertiary/aromatic N) is 2. The van der Waals surface area contributed by atoms with Gasteiger partial charge in [0.1, 0.15) is 11.5 Å². The van der Waals surface area contributed by atoms with E-state index in [4.69, 9.17) is 22.1 Å². The maximum absolute atomic E-state index is 12.3. The maximum atomic E-state index is 12.3. The highest BCUT2D eigenvalue weighted by molar-refractivity contribution is 6.33. The highest BCUT2D eigenvalue weighted by Crippen LogP contribution is 2.19. The van der Waals surface area contributed by atoms with Gasteiger partial charge in [-0.2, -0.15) is 0 Å². The van der Waals surface area contributed by atoms with Crippen molar-refractivity contribution < 1.29 is 9.53 Å². The Morgan fingerprint density at radius 1 is 1.65 bits per heavy atom. The molecule has 1 saturated heterocycles. The molecule has 1 aliphatic rings. The number of hydrogen-bond donors (Lipinski definition) is 1. The Morgan fingerprint density at radius 2 is 2.41 bits per heavy atom. The Balaban J connectivity index is 2.26. The summed E-state index contributed by atoms with van der Waals surface area (Å²) in [6, 6.07) is 3.18. The molecule has 1 unspecified atom stereocenters. The van der Waals surface area contributed by atoms with E-state index in [9.17, 15) is 4.79 Å². The molecular weight excluding hydrogens is 242 g/mol. The molecule has 1 aliphatic heterocycles. The summed E-state index contributed by atoms with van der Waals surface area (Å²) in [6.07, 6.45) is 0. The minimum Gasteiger partial charge on any atom is -0.384 e. The Hall–Kier alpha value is -1.33. The number of rotatable bonds is 1. The van der Waals surface area contributed by atoms with Crippen molar-refractivity contribution in [2.45, 2.75) is 13.0 Å². The van der Waals surface area contributed by atoms with E-state index in [2.05, 4.69) is 4.98 Å². The first-order valence-electron chi connectivity index (χ1n) is 5.40. The van der Waals surface area contributed by atoms with Crippen molar-refractivity contribution >= 4 is 23.3 Å². The van der Waals surface area contributed by atoms with E-state index >= 15 is 0 Å². The number of hydrogen-bond acceptors (Lipinski definition) is 4. The van der Waals surface area contributed by atoms with Crippen molar-refractivity contribution in [3.8, 4) is 0 Å². The second-order valence-corrected chi connectivity index (χ2v) is 4.40. The lowest BCUT2D eigenvalue weighted by Gasteiger charge is -2.33. The van der Waals surface area contributed by atoms with Crippen LogP contribution in [-0.4, -0.2) is 41.6 Å². The molecular formula is C11H14ClN3O2. The molecule has 0 aromatic carbocycles. The molecule has 92 valence electrons. The number of aromatic nitrogens is 1. The van der Waals surface area contributed by atoms with Crippen LogP contribution in [0.25, 0.3) is 0 Å². The molecule has 1 aromatic heterocycles. The number of amides is 1. The fraction of sp³-hybridized carbons (Fsp3) is 0.455. The number of anilines is 1. The molecule has 0 spiro atoms. The van der Waals surface area contributed by atoms with Crippen molar-refractivity contribution in [3.63, 3.8) is 0 Å². The highest BCUT2D eigenvalue weighted by Gasteiger charge is 2.27. The fourth-order valence-electron chi connectivity index (χ4n) is 1.77. The van der Waals surface area contributed by atoms with Crippen LogP contribution in [0.2, 0.25) is 5.02 Å². The summed E-state index contributed by atoms with van der Waals surface area (Å²) in [5.74, 6) is 0.0942. The molecule has 0 radical (unpaired) electrons. The predicted octanol–water partition coefficient (Wildman–Crippen LogP) is 1.18. The summed E-state index contributed by atoms with van der Waals surface area (Å²) in [5, 5.41) is 0.322. The van der Waals surface area contributed by atoms with Gasteiger partial charge in [0.2, 0.25) is 0 Å². The van der Waals surface area contributed by atoms with E-state index in [1.165, 1.54) is 0 Å². The van der Waals surface area contributed by atoms with Crippen LogP contribution >= 0.6 is 11.6 Å². The van der Waals surface area contributed by atoms with Gasteiger partial charge in [-0.25, -0.2) is 4.98 Å². The van der Waals surface area contributed by atoms with Crippen molar-refractivity contribution in [2.75, 3.05) is 25.5 Å². The van der Waals surface area contributed by atoms with Gasteiger partial charge in [0.15, 0.2) is 0 Å². The van der Waals surface area contributed by atoms with Crippen LogP contribution in [0.4, 0.5) is 5.82 Å². The molecule has 17 heavy (non-hydrogen) atoms. The van der Waals surface area contributed by atoms with Crippen LogP contribution in [0.15, 0.2) is 12.1 Å². The largest absolute Gasteiger partial charge is 0.384 e. The van der Waals surface area contributed by atoms with Crippen LogP contribution in [0.3, 0.4) is 0 Å². The third-order valence-electron chi connectivity index (χ3n) is 2.70. The zero-order chi connectivity index (χ0) is 12.4. The van der Waals surface area contributed by atoms with E-state index < -0.39 is 0 Å². The summed E-state index contributed by atoms with van der Waals surface area (Å²) in [4.78, 5) is 18.0. The SMILES string of the molecule is CC1COCCN1C(=O)c1nc(N)ccc1Cl. The summed E-state index contributed by atoms with van der Waals surface area (Å²) < 4.78 is 5.28. The molecule has 0 saturated carbocycles. The average Bonchev–Trinajstić information content (AvgIpc) is 2.32. The molecule has 2 heterocycles. The van der Waals surface area contributed by atoms with E-state index in [0.29, 0.717) is 30.6 Å². The van der Waals surface area contributed by atoms with Crippen molar-refractivity contribution in [2.24, 2.45) is 0 Å². The van der Waals surface area contributed by atoms with Crippen molar-refractivity contribution in [3.05, 3.63) is 22.8 Å². The van der Waals surface area contributed by atoms with Gasteiger partial charge in [0.05, 0.1) is 24.3 Å². The van der Waals surface area contributed by atoms with E-state index in [0.717, 1.165) is 0 Å². The van der Waals surface area contributed by atoms with Crippen LogP contribution in [-0.2, 0) is 4.74 Å². The molecule has 1 fully saturated rings. The molecule has 1 amide bonds.